The first-order valence-electron chi connectivity index (χ1n) is 11.2. The number of nitrogens with two attached hydrogens (primary N) is 2. The fourth-order valence-corrected chi connectivity index (χ4v) is 3.61. The monoisotopic (exact) mass is 507 g/mol. The van der Waals surface area contributed by atoms with Gasteiger partial charge >= 0.3 is 0 Å². The highest BCUT2D eigenvalue weighted by Gasteiger charge is 2.21. The molecule has 13 heteroatoms. The van der Waals surface area contributed by atoms with Gasteiger partial charge in [0, 0.05) is 57.1 Å². The minimum atomic E-state index is -0.887. The summed E-state index contributed by atoms with van der Waals surface area (Å²) < 4.78 is 44.2. The van der Waals surface area contributed by atoms with Crippen molar-refractivity contribution in [2.75, 3.05) is 60.1 Å². The number of hydrogen-bond donors (Lipinski definition) is 3. The number of rotatable bonds is 11. The number of methoxy groups -OCH3 is 2. The van der Waals surface area contributed by atoms with E-state index >= 15 is 0 Å². The highest BCUT2D eigenvalue weighted by Crippen LogP contribution is 2.32. The van der Waals surface area contributed by atoms with Crippen LogP contribution in [-0.2, 0) is 6.61 Å². The van der Waals surface area contributed by atoms with E-state index in [1.54, 1.807) is 6.08 Å². The van der Waals surface area contributed by atoms with Crippen molar-refractivity contribution < 1.29 is 28.1 Å². The molecule has 11 nitrogen and oxygen atoms in total. The summed E-state index contributed by atoms with van der Waals surface area (Å²) >= 11 is 0. The third-order valence-corrected chi connectivity index (χ3v) is 5.51. The normalized spacial score (nSPS) is 15.7. The van der Waals surface area contributed by atoms with E-state index < -0.39 is 18.2 Å². The number of piperazine rings is 1. The predicted octanol–water partition coefficient (Wildman–Crippen LogP) is 0.792. The van der Waals surface area contributed by atoms with Crippen LogP contribution in [0.25, 0.3) is 0 Å². The van der Waals surface area contributed by atoms with Crippen molar-refractivity contribution >= 4 is 11.8 Å². The third kappa shape index (κ3) is 7.23. The zero-order valence-corrected chi connectivity index (χ0v) is 20.3. The minimum Gasteiger partial charge on any atom is -0.494 e. The molecule has 1 fully saturated rings. The quantitative estimate of drug-likeness (QED) is 0.295. The first kappa shape index (κ1) is 27.0. The van der Waals surface area contributed by atoms with Crippen LogP contribution >= 0.6 is 0 Å². The van der Waals surface area contributed by atoms with Crippen LogP contribution < -0.4 is 25.7 Å². The Balaban J connectivity index is 1.57. The van der Waals surface area contributed by atoms with Crippen LogP contribution in [0.1, 0.15) is 5.56 Å². The van der Waals surface area contributed by atoms with Crippen LogP contribution in [0.15, 0.2) is 35.2 Å². The van der Waals surface area contributed by atoms with Gasteiger partial charge in [0.1, 0.15) is 12.4 Å². The van der Waals surface area contributed by atoms with Crippen LogP contribution in [0.2, 0.25) is 0 Å². The van der Waals surface area contributed by atoms with Gasteiger partial charge in [-0.1, -0.05) is 0 Å². The summed E-state index contributed by atoms with van der Waals surface area (Å²) in [4.78, 5) is 16.6. The van der Waals surface area contributed by atoms with E-state index in [9.17, 15) is 8.78 Å². The Morgan fingerprint density at radius 1 is 1.06 bits per heavy atom. The number of amidine groups is 1. The van der Waals surface area contributed by atoms with Gasteiger partial charge in [0.25, 0.3) is 5.95 Å². The third-order valence-electron chi connectivity index (χ3n) is 5.51. The lowest BCUT2D eigenvalue weighted by Gasteiger charge is -2.34. The van der Waals surface area contributed by atoms with E-state index in [0.29, 0.717) is 18.8 Å². The zero-order valence-electron chi connectivity index (χ0n) is 20.3. The molecule has 1 aliphatic rings. The maximum absolute atomic E-state index is 14.5. The molecule has 0 saturated carbocycles. The molecule has 1 aliphatic heterocycles. The lowest BCUT2D eigenvalue weighted by molar-refractivity contribution is 0.118. The maximum atomic E-state index is 14.5. The largest absolute Gasteiger partial charge is 0.494 e. The van der Waals surface area contributed by atoms with E-state index in [4.69, 9.17) is 30.8 Å². The molecule has 0 spiro atoms. The van der Waals surface area contributed by atoms with Crippen molar-refractivity contribution in [2.45, 2.75) is 6.61 Å². The number of benzene rings is 1. The summed E-state index contributed by atoms with van der Waals surface area (Å²) in [5.74, 6) is -1.73. The molecule has 0 radical (unpaired) electrons. The van der Waals surface area contributed by atoms with Gasteiger partial charge in [-0.3, -0.25) is 9.80 Å². The Morgan fingerprint density at radius 3 is 2.19 bits per heavy atom. The molecule has 2 heterocycles. The van der Waals surface area contributed by atoms with E-state index in [2.05, 4.69) is 24.8 Å². The van der Waals surface area contributed by atoms with Crippen molar-refractivity contribution in [1.82, 2.24) is 19.8 Å². The molecule has 0 unspecified atom stereocenters. The van der Waals surface area contributed by atoms with Gasteiger partial charge < -0.3 is 30.8 Å². The summed E-state index contributed by atoms with van der Waals surface area (Å²) in [5.41, 5.74) is 12.2. The molecule has 0 amide bonds. The second kappa shape index (κ2) is 13.0. The second-order valence-corrected chi connectivity index (χ2v) is 7.99. The molecule has 5 N–H and O–H groups in total. The van der Waals surface area contributed by atoms with Gasteiger partial charge in [-0.15, -0.1) is 0 Å². The highest BCUT2D eigenvalue weighted by molar-refractivity contribution is 5.93. The molecule has 3 rings (SSSR count). The molecule has 2 aromatic rings. The van der Waals surface area contributed by atoms with Crippen molar-refractivity contribution in [1.29, 1.82) is 0 Å². The smallest absolute Gasteiger partial charge is 0.251 e. The fraction of sp³-hybridized carbons (Fsp3) is 0.435. The molecule has 36 heavy (non-hydrogen) atoms. The summed E-state index contributed by atoms with van der Waals surface area (Å²) in [6, 6.07) is 1.12. The number of aliphatic hydroxyl groups excluding tert-OH is 1. The van der Waals surface area contributed by atoms with E-state index in [1.807, 2.05) is 0 Å². The van der Waals surface area contributed by atoms with Crippen molar-refractivity contribution in [3.8, 4) is 17.2 Å². The summed E-state index contributed by atoms with van der Waals surface area (Å²) in [7, 11) is 2.53. The first-order chi connectivity index (χ1) is 17.3. The van der Waals surface area contributed by atoms with E-state index in [1.165, 1.54) is 26.6 Å². The number of ether oxygens (including phenoxy) is 3. The number of hydrogen-bond acceptors (Lipinski definition) is 10. The molecule has 196 valence electrons. The van der Waals surface area contributed by atoms with Crippen molar-refractivity contribution in [2.24, 2.45) is 16.5 Å². The van der Waals surface area contributed by atoms with Gasteiger partial charge in [-0.05, 0) is 0 Å². The van der Waals surface area contributed by atoms with Crippen LogP contribution in [0.3, 0.4) is 0 Å². The van der Waals surface area contributed by atoms with E-state index in [-0.39, 0.29) is 41.2 Å². The fourth-order valence-electron chi connectivity index (χ4n) is 3.61. The average molecular weight is 508 g/mol. The number of nitrogens with zero attached hydrogens (tertiary/aromatic N) is 5. The lowest BCUT2D eigenvalue weighted by Crippen LogP contribution is -2.48. The summed E-state index contributed by atoms with van der Waals surface area (Å²) in [5, 5.41) is 9.03. The topological polar surface area (TPSA) is 145 Å². The number of halogens is 2. The average Bonchev–Trinajstić information content (AvgIpc) is 2.86. The van der Waals surface area contributed by atoms with Crippen LogP contribution in [0, 0.1) is 11.6 Å². The van der Waals surface area contributed by atoms with Gasteiger partial charge in [0.15, 0.2) is 28.9 Å². The van der Waals surface area contributed by atoms with Gasteiger partial charge in [-0.25, -0.2) is 18.7 Å². The summed E-state index contributed by atoms with van der Waals surface area (Å²) in [6.07, 6.45) is 4.17. The minimum absolute atomic E-state index is 0.0712. The Morgan fingerprint density at radius 2 is 1.64 bits per heavy atom. The molecule has 0 bridgehead atoms. The molecule has 1 saturated heterocycles. The lowest BCUT2D eigenvalue weighted by atomic mass is 10.1. The Bertz CT molecular complexity index is 1050. The Kier molecular flexibility index (Phi) is 9.73. The van der Waals surface area contributed by atoms with Gasteiger partial charge in [0.2, 0.25) is 0 Å². The van der Waals surface area contributed by atoms with E-state index in [0.717, 1.165) is 32.2 Å². The zero-order chi connectivity index (χ0) is 26.1. The number of aliphatic hydroxyl groups is 1. The Labute approximate surface area is 208 Å². The molecule has 0 atom stereocenters. The highest BCUT2D eigenvalue weighted by atomic mass is 19.1. The van der Waals surface area contributed by atoms with Crippen molar-refractivity contribution in [3.05, 3.63) is 47.4 Å². The predicted molar refractivity (Wildman–Crippen MR) is 129 cm³/mol. The molecule has 1 aromatic carbocycles. The molecule has 1 aromatic heterocycles. The van der Waals surface area contributed by atoms with Gasteiger partial charge in [-0.2, -0.15) is 4.99 Å². The van der Waals surface area contributed by atoms with Crippen LogP contribution in [0.4, 0.5) is 14.7 Å². The second-order valence-electron chi connectivity index (χ2n) is 7.99. The van der Waals surface area contributed by atoms with Crippen LogP contribution in [0.5, 0.6) is 17.2 Å². The number of β-amino-alcohol motifs (C(OH)–C–C–N with tert-alkyl or cyclic N) is 1. The van der Waals surface area contributed by atoms with Crippen molar-refractivity contribution in [3.63, 3.8) is 0 Å². The molecular weight excluding hydrogens is 476 g/mol. The van der Waals surface area contributed by atoms with Crippen LogP contribution in [-0.4, -0.2) is 90.8 Å². The SMILES string of the molecule is COc1cc(OC)c(F)c(COc2cnc(/N=C(N)\C=C(/N)CN3CCN(CCO)CC3)nc2)c1F. The number of aliphatic imine (C=N–C) groups is 1. The molecular formula is C23H31F2N7O4. The summed E-state index contributed by atoms with van der Waals surface area (Å²) in [6.45, 7) is 4.34. The maximum Gasteiger partial charge on any atom is 0.251 e. The number of aromatic nitrogens is 2. The van der Waals surface area contributed by atoms with Gasteiger partial charge in [0.05, 0.1) is 38.8 Å². The Hall–Kier alpha value is -3.55. The standard InChI is InChI=1S/C23H31F2N7O4/c1-34-18-10-19(35-2)22(25)17(21(18)24)14-36-16-11-28-23(29-12-16)30-20(27)9-15(26)13-32-5-3-31(4-6-32)7-8-33/h9-12,33H,3-8,13-14,26H2,1-2H3,(H2,27,28,29,30)/b15-9-. The molecule has 0 aliphatic carbocycles. The first-order valence-corrected chi connectivity index (χ1v) is 11.2.